The molecule has 2 rings (SSSR count). The zero-order valence-electron chi connectivity index (χ0n) is 13.4. The third kappa shape index (κ3) is 4.65. The average Bonchev–Trinajstić information content (AvgIpc) is 2.56. The summed E-state index contributed by atoms with van der Waals surface area (Å²) in [6.45, 7) is 5.31. The van der Waals surface area contributed by atoms with Gasteiger partial charge in [0.2, 0.25) is 0 Å². The van der Waals surface area contributed by atoms with Crippen LogP contribution in [0.4, 0.5) is 0 Å². The second-order valence-electron chi connectivity index (χ2n) is 6.14. The molecule has 0 spiro atoms. The summed E-state index contributed by atoms with van der Waals surface area (Å²) in [5, 5.41) is 4.19. The number of hydrogen-bond donors (Lipinski definition) is 1. The summed E-state index contributed by atoms with van der Waals surface area (Å²) >= 11 is 0. The van der Waals surface area contributed by atoms with Crippen molar-refractivity contribution in [2.24, 2.45) is 0 Å². The summed E-state index contributed by atoms with van der Waals surface area (Å²) in [5.41, 5.74) is 1.27. The molecule has 1 fully saturated rings. The molecular formula is C18H29NOS. The molecule has 1 aliphatic rings. The maximum atomic E-state index is 12.9. The van der Waals surface area contributed by atoms with Crippen LogP contribution in [0, 0.1) is 0 Å². The van der Waals surface area contributed by atoms with E-state index in [0.29, 0.717) is 5.25 Å². The number of nitrogens with one attached hydrogen (secondary N) is 1. The van der Waals surface area contributed by atoms with Crippen molar-refractivity contribution in [1.29, 1.82) is 0 Å². The largest absolute Gasteiger partial charge is 0.309 e. The molecule has 2 nitrogen and oxygen atoms in total. The first-order chi connectivity index (χ1) is 10.2. The smallest absolute Gasteiger partial charge is 0.0517 e. The van der Waals surface area contributed by atoms with Crippen molar-refractivity contribution in [1.82, 2.24) is 5.32 Å². The van der Waals surface area contributed by atoms with Crippen LogP contribution in [0.15, 0.2) is 30.3 Å². The molecule has 1 aliphatic carbocycles. The first kappa shape index (κ1) is 16.7. The van der Waals surface area contributed by atoms with Crippen LogP contribution in [0.2, 0.25) is 0 Å². The Hall–Kier alpha value is -0.670. The van der Waals surface area contributed by atoms with Crippen molar-refractivity contribution in [3.63, 3.8) is 0 Å². The van der Waals surface area contributed by atoms with Crippen molar-refractivity contribution in [3.8, 4) is 0 Å². The SMILES string of the molecule is CCCNC(c1ccccc1)C(C)S(=O)C1CCCCC1. The van der Waals surface area contributed by atoms with E-state index < -0.39 is 10.8 Å². The first-order valence-electron chi connectivity index (χ1n) is 8.41. The first-order valence-corrected chi connectivity index (χ1v) is 9.69. The van der Waals surface area contributed by atoms with Crippen molar-refractivity contribution in [2.45, 2.75) is 68.9 Å². The Morgan fingerprint density at radius 3 is 2.48 bits per heavy atom. The third-order valence-electron chi connectivity index (χ3n) is 4.49. The Labute approximate surface area is 132 Å². The zero-order chi connectivity index (χ0) is 15.1. The van der Waals surface area contributed by atoms with E-state index >= 15 is 0 Å². The van der Waals surface area contributed by atoms with Gasteiger partial charge in [0, 0.05) is 22.1 Å². The summed E-state index contributed by atoms with van der Waals surface area (Å²) in [5.74, 6) is 0. The van der Waals surface area contributed by atoms with Crippen molar-refractivity contribution >= 4 is 10.8 Å². The zero-order valence-corrected chi connectivity index (χ0v) is 14.2. The van der Waals surface area contributed by atoms with Gasteiger partial charge in [-0.2, -0.15) is 0 Å². The Balaban J connectivity index is 2.09. The fourth-order valence-electron chi connectivity index (χ4n) is 3.25. The molecule has 0 heterocycles. The van der Waals surface area contributed by atoms with Crippen molar-refractivity contribution in [3.05, 3.63) is 35.9 Å². The van der Waals surface area contributed by atoms with Gasteiger partial charge in [-0.05, 0) is 38.3 Å². The molecule has 3 atom stereocenters. The van der Waals surface area contributed by atoms with E-state index in [2.05, 4.69) is 43.4 Å². The Morgan fingerprint density at radius 2 is 1.86 bits per heavy atom. The van der Waals surface area contributed by atoms with Gasteiger partial charge in [-0.25, -0.2) is 0 Å². The Kier molecular flexibility index (Phi) is 6.91. The van der Waals surface area contributed by atoms with Crippen LogP contribution in [0.3, 0.4) is 0 Å². The van der Waals surface area contributed by atoms with Crippen LogP contribution in [0.5, 0.6) is 0 Å². The molecule has 0 radical (unpaired) electrons. The number of rotatable bonds is 7. The quantitative estimate of drug-likeness (QED) is 0.818. The second-order valence-corrected chi connectivity index (χ2v) is 8.20. The van der Waals surface area contributed by atoms with E-state index in [1.807, 2.05) is 6.07 Å². The molecule has 0 aliphatic heterocycles. The highest BCUT2D eigenvalue weighted by Gasteiger charge is 2.29. The fourth-order valence-corrected chi connectivity index (χ4v) is 5.18. The standard InChI is InChI=1S/C18H29NOS/c1-3-14-19-18(16-10-6-4-7-11-16)15(2)21(20)17-12-8-5-9-13-17/h4,6-7,10-11,15,17-19H,3,5,8-9,12-14H2,1-2H3. The van der Waals surface area contributed by atoms with Gasteiger partial charge in [-0.1, -0.05) is 56.5 Å². The summed E-state index contributed by atoms with van der Waals surface area (Å²) in [6.07, 6.45) is 7.21. The van der Waals surface area contributed by atoms with Crippen LogP contribution in [-0.2, 0) is 10.8 Å². The van der Waals surface area contributed by atoms with E-state index in [1.54, 1.807) is 0 Å². The molecule has 3 heteroatoms. The summed E-state index contributed by atoms with van der Waals surface area (Å²) in [4.78, 5) is 0. The van der Waals surface area contributed by atoms with Crippen molar-refractivity contribution < 1.29 is 4.21 Å². The lowest BCUT2D eigenvalue weighted by Crippen LogP contribution is -2.37. The van der Waals surface area contributed by atoms with Crippen LogP contribution >= 0.6 is 0 Å². The van der Waals surface area contributed by atoms with Gasteiger partial charge in [0.25, 0.3) is 0 Å². The van der Waals surface area contributed by atoms with E-state index in [0.717, 1.165) is 25.8 Å². The molecule has 0 aromatic heterocycles. The minimum Gasteiger partial charge on any atom is -0.309 e. The van der Waals surface area contributed by atoms with Gasteiger partial charge >= 0.3 is 0 Å². The van der Waals surface area contributed by atoms with Gasteiger partial charge in [-0.15, -0.1) is 0 Å². The van der Waals surface area contributed by atoms with Gasteiger partial charge < -0.3 is 5.32 Å². The highest BCUT2D eigenvalue weighted by Crippen LogP contribution is 2.28. The summed E-state index contributed by atoms with van der Waals surface area (Å²) < 4.78 is 12.9. The molecule has 3 unspecified atom stereocenters. The molecule has 0 bridgehead atoms. The van der Waals surface area contributed by atoms with Gasteiger partial charge in [-0.3, -0.25) is 4.21 Å². The van der Waals surface area contributed by atoms with E-state index in [1.165, 1.54) is 24.8 Å². The van der Waals surface area contributed by atoms with Gasteiger partial charge in [0.15, 0.2) is 0 Å². The highest BCUT2D eigenvalue weighted by atomic mass is 32.2. The normalized spacial score (nSPS) is 20.9. The lowest BCUT2D eigenvalue weighted by atomic mass is 10.0. The highest BCUT2D eigenvalue weighted by molar-refractivity contribution is 7.86. The maximum absolute atomic E-state index is 12.9. The van der Waals surface area contributed by atoms with Crippen LogP contribution in [0.25, 0.3) is 0 Å². The number of hydrogen-bond acceptors (Lipinski definition) is 2. The molecule has 118 valence electrons. The van der Waals surface area contributed by atoms with Crippen LogP contribution in [-0.4, -0.2) is 21.3 Å². The van der Waals surface area contributed by atoms with Crippen LogP contribution in [0.1, 0.15) is 64.0 Å². The third-order valence-corrected chi connectivity index (χ3v) is 6.62. The van der Waals surface area contributed by atoms with E-state index in [-0.39, 0.29) is 11.3 Å². The van der Waals surface area contributed by atoms with Crippen molar-refractivity contribution in [2.75, 3.05) is 6.54 Å². The molecular weight excluding hydrogens is 278 g/mol. The van der Waals surface area contributed by atoms with E-state index in [9.17, 15) is 4.21 Å². The summed E-state index contributed by atoms with van der Waals surface area (Å²) in [7, 11) is -0.748. The van der Waals surface area contributed by atoms with E-state index in [4.69, 9.17) is 0 Å². The predicted molar refractivity (Wildman–Crippen MR) is 92.0 cm³/mol. The molecule has 1 aromatic carbocycles. The minimum atomic E-state index is -0.748. The minimum absolute atomic E-state index is 0.169. The molecule has 1 saturated carbocycles. The molecule has 0 saturated heterocycles. The second kappa shape index (κ2) is 8.70. The lowest BCUT2D eigenvalue weighted by molar-refractivity contribution is 0.484. The van der Waals surface area contributed by atoms with Gasteiger partial charge in [0.1, 0.15) is 0 Å². The Bertz CT molecular complexity index is 428. The lowest BCUT2D eigenvalue weighted by Gasteiger charge is -2.30. The molecule has 21 heavy (non-hydrogen) atoms. The van der Waals surface area contributed by atoms with Crippen LogP contribution < -0.4 is 5.32 Å². The van der Waals surface area contributed by atoms with Gasteiger partial charge in [0.05, 0.1) is 5.25 Å². The Morgan fingerprint density at radius 1 is 1.19 bits per heavy atom. The number of benzene rings is 1. The maximum Gasteiger partial charge on any atom is 0.0517 e. The predicted octanol–water partition coefficient (Wildman–Crippen LogP) is 4.20. The molecule has 1 N–H and O–H groups in total. The molecule has 0 amide bonds. The fraction of sp³-hybridized carbons (Fsp3) is 0.667. The summed E-state index contributed by atoms with van der Waals surface area (Å²) in [6, 6.07) is 10.7. The molecule has 1 aromatic rings. The average molecular weight is 308 g/mol. The monoisotopic (exact) mass is 307 g/mol. The topological polar surface area (TPSA) is 29.1 Å².